The van der Waals surface area contributed by atoms with Crippen LogP contribution in [0.2, 0.25) is 0 Å². The molecular formula is C16H15N3O4. The number of hydrogen-bond acceptors (Lipinski definition) is 4. The fourth-order valence-electron chi connectivity index (χ4n) is 2.51. The maximum atomic E-state index is 11.8. The van der Waals surface area contributed by atoms with Crippen molar-refractivity contribution < 1.29 is 19.4 Å². The molecule has 3 N–H and O–H groups in total. The molecule has 2 aromatic heterocycles. The summed E-state index contributed by atoms with van der Waals surface area (Å²) >= 11 is 0. The average molecular weight is 313 g/mol. The van der Waals surface area contributed by atoms with Crippen LogP contribution in [0.5, 0.6) is 11.5 Å². The van der Waals surface area contributed by atoms with Crippen LogP contribution in [0.3, 0.4) is 0 Å². The molecule has 0 aliphatic heterocycles. The minimum Gasteiger partial charge on any atom is -0.506 e. The molecule has 23 heavy (non-hydrogen) atoms. The molecule has 1 aromatic carbocycles. The Hall–Kier alpha value is -3.22. The second kappa shape index (κ2) is 5.20. The molecule has 7 heteroatoms. The number of benzene rings is 1. The number of para-hydroxylation sites is 1. The molecule has 0 aliphatic rings. The summed E-state index contributed by atoms with van der Waals surface area (Å²) in [7, 11) is 3.11. The van der Waals surface area contributed by atoms with E-state index in [0.717, 1.165) is 0 Å². The number of fused-ring (bicyclic) bond motifs is 3. The Bertz CT molecular complexity index is 943. The predicted molar refractivity (Wildman–Crippen MR) is 84.8 cm³/mol. The highest BCUT2D eigenvalue weighted by Gasteiger charge is 2.20. The molecule has 118 valence electrons. The summed E-state index contributed by atoms with van der Waals surface area (Å²) < 4.78 is 6.76. The highest BCUT2D eigenvalue weighted by atomic mass is 16.6. The third-order valence-corrected chi connectivity index (χ3v) is 3.51. The van der Waals surface area contributed by atoms with Gasteiger partial charge in [0.1, 0.15) is 11.3 Å². The van der Waals surface area contributed by atoms with E-state index in [0.29, 0.717) is 10.9 Å². The Morgan fingerprint density at radius 2 is 1.96 bits per heavy atom. The second-order valence-corrected chi connectivity index (χ2v) is 5.30. The van der Waals surface area contributed by atoms with Crippen molar-refractivity contribution in [1.29, 1.82) is 0 Å². The van der Waals surface area contributed by atoms with Crippen molar-refractivity contribution in [2.24, 2.45) is 5.73 Å². The number of hydrogen-bond donors (Lipinski definition) is 2. The molecule has 2 amide bonds. The van der Waals surface area contributed by atoms with Gasteiger partial charge in [0.15, 0.2) is 5.75 Å². The number of pyridine rings is 1. The summed E-state index contributed by atoms with van der Waals surface area (Å²) in [5.41, 5.74) is 6.64. The number of carbonyl (C=O) groups excluding carboxylic acids is 2. The fourth-order valence-corrected chi connectivity index (χ4v) is 2.51. The van der Waals surface area contributed by atoms with E-state index in [1.165, 1.54) is 17.2 Å². The SMILES string of the molecule is CN(C)C(=O)Oc1cc(O)c2c(C(N)=O)c3ccccc3n2c1. The molecule has 3 aromatic rings. The van der Waals surface area contributed by atoms with Crippen molar-refractivity contribution in [2.45, 2.75) is 0 Å². The van der Waals surface area contributed by atoms with Crippen LogP contribution >= 0.6 is 0 Å². The Kier molecular flexibility index (Phi) is 3.33. The molecule has 0 spiro atoms. The normalized spacial score (nSPS) is 10.9. The number of aromatic hydroxyl groups is 1. The first-order chi connectivity index (χ1) is 10.9. The standard InChI is InChI=1S/C16H15N3O4/c1-18(2)16(22)23-9-7-12(20)14-13(15(17)21)10-5-3-4-6-11(10)19(14)8-9/h3-8,20H,1-2H3,(H2,17,21). The number of aromatic nitrogens is 1. The first kappa shape index (κ1) is 14.7. The van der Waals surface area contributed by atoms with Crippen LogP contribution in [-0.4, -0.2) is 40.5 Å². The Morgan fingerprint density at radius 1 is 1.26 bits per heavy atom. The molecule has 2 heterocycles. The van der Waals surface area contributed by atoms with E-state index in [9.17, 15) is 14.7 Å². The van der Waals surface area contributed by atoms with E-state index in [-0.39, 0.29) is 22.6 Å². The maximum Gasteiger partial charge on any atom is 0.414 e. The zero-order valence-electron chi connectivity index (χ0n) is 12.6. The van der Waals surface area contributed by atoms with E-state index in [1.54, 1.807) is 42.8 Å². The van der Waals surface area contributed by atoms with Gasteiger partial charge in [-0.25, -0.2) is 4.79 Å². The lowest BCUT2D eigenvalue weighted by molar-refractivity contribution is 0.100. The van der Waals surface area contributed by atoms with Crippen LogP contribution in [-0.2, 0) is 0 Å². The van der Waals surface area contributed by atoms with E-state index >= 15 is 0 Å². The summed E-state index contributed by atoms with van der Waals surface area (Å²) in [6, 6.07) is 8.38. The highest BCUT2D eigenvalue weighted by Crippen LogP contribution is 2.34. The summed E-state index contributed by atoms with van der Waals surface area (Å²) in [5.74, 6) is -0.679. The molecule has 3 rings (SSSR count). The maximum absolute atomic E-state index is 11.8. The van der Waals surface area contributed by atoms with Gasteiger partial charge in [0.05, 0.1) is 17.3 Å². The molecule has 0 radical (unpaired) electrons. The quantitative estimate of drug-likeness (QED) is 0.755. The van der Waals surface area contributed by atoms with Crippen LogP contribution in [0.25, 0.3) is 16.4 Å². The van der Waals surface area contributed by atoms with Gasteiger partial charge in [-0.15, -0.1) is 0 Å². The van der Waals surface area contributed by atoms with Gasteiger partial charge < -0.3 is 24.9 Å². The first-order valence-corrected chi connectivity index (χ1v) is 6.85. The lowest BCUT2D eigenvalue weighted by atomic mass is 10.1. The number of primary amides is 1. The topological polar surface area (TPSA) is 97.3 Å². The summed E-state index contributed by atoms with van der Waals surface area (Å²) in [4.78, 5) is 24.7. The van der Waals surface area contributed by atoms with E-state index < -0.39 is 12.0 Å². The predicted octanol–water partition coefficient (Wildman–Crippen LogP) is 1.96. The smallest absolute Gasteiger partial charge is 0.414 e. The molecular weight excluding hydrogens is 298 g/mol. The summed E-state index contributed by atoms with van der Waals surface area (Å²) in [6.07, 6.45) is 0.959. The fraction of sp³-hybridized carbons (Fsp3) is 0.125. The molecule has 0 saturated carbocycles. The van der Waals surface area contributed by atoms with Crippen molar-refractivity contribution in [1.82, 2.24) is 9.30 Å². The van der Waals surface area contributed by atoms with Crippen LogP contribution in [0, 0.1) is 0 Å². The van der Waals surface area contributed by atoms with Gasteiger partial charge in [0, 0.05) is 25.5 Å². The number of nitrogens with two attached hydrogens (primary N) is 1. The van der Waals surface area contributed by atoms with Gasteiger partial charge in [0.25, 0.3) is 5.91 Å². The highest BCUT2D eigenvalue weighted by molar-refractivity contribution is 6.14. The molecule has 0 saturated heterocycles. The van der Waals surface area contributed by atoms with Crippen LogP contribution in [0.4, 0.5) is 4.79 Å². The third kappa shape index (κ3) is 2.32. The van der Waals surface area contributed by atoms with Gasteiger partial charge in [-0.2, -0.15) is 0 Å². The largest absolute Gasteiger partial charge is 0.506 e. The molecule has 0 atom stereocenters. The van der Waals surface area contributed by atoms with E-state index in [1.807, 2.05) is 0 Å². The van der Waals surface area contributed by atoms with Gasteiger partial charge in [-0.05, 0) is 6.07 Å². The van der Waals surface area contributed by atoms with Crippen molar-refractivity contribution in [2.75, 3.05) is 14.1 Å². The van der Waals surface area contributed by atoms with Crippen molar-refractivity contribution >= 4 is 28.4 Å². The van der Waals surface area contributed by atoms with Gasteiger partial charge in [0.2, 0.25) is 0 Å². The average Bonchev–Trinajstić information content (AvgIpc) is 2.82. The Labute approximate surface area is 131 Å². The number of rotatable bonds is 2. The summed E-state index contributed by atoms with van der Waals surface area (Å²) in [6.45, 7) is 0. The summed E-state index contributed by atoms with van der Waals surface area (Å²) in [5, 5.41) is 10.9. The molecule has 0 bridgehead atoms. The van der Waals surface area contributed by atoms with Crippen molar-refractivity contribution in [3.05, 3.63) is 42.1 Å². The number of ether oxygens (including phenoxy) is 1. The minimum atomic E-state index is -0.642. The molecule has 7 nitrogen and oxygen atoms in total. The second-order valence-electron chi connectivity index (χ2n) is 5.30. The van der Waals surface area contributed by atoms with Crippen LogP contribution in [0.1, 0.15) is 10.4 Å². The van der Waals surface area contributed by atoms with Crippen LogP contribution in [0.15, 0.2) is 36.5 Å². The van der Waals surface area contributed by atoms with Gasteiger partial charge in [-0.1, -0.05) is 18.2 Å². The number of amides is 2. The van der Waals surface area contributed by atoms with E-state index in [4.69, 9.17) is 10.5 Å². The Morgan fingerprint density at radius 3 is 2.61 bits per heavy atom. The lowest BCUT2D eigenvalue weighted by Gasteiger charge is -2.11. The Balaban J connectivity index is 2.30. The van der Waals surface area contributed by atoms with E-state index in [2.05, 4.69) is 0 Å². The zero-order valence-corrected chi connectivity index (χ0v) is 12.6. The number of carbonyl (C=O) groups is 2. The third-order valence-electron chi connectivity index (χ3n) is 3.51. The van der Waals surface area contributed by atoms with Crippen molar-refractivity contribution in [3.63, 3.8) is 0 Å². The molecule has 0 aliphatic carbocycles. The monoisotopic (exact) mass is 313 g/mol. The van der Waals surface area contributed by atoms with Crippen LogP contribution < -0.4 is 10.5 Å². The number of nitrogens with zero attached hydrogens (tertiary/aromatic N) is 2. The van der Waals surface area contributed by atoms with Crippen molar-refractivity contribution in [3.8, 4) is 11.5 Å². The minimum absolute atomic E-state index is 0.158. The zero-order chi connectivity index (χ0) is 16.7. The molecule has 0 unspecified atom stereocenters. The lowest BCUT2D eigenvalue weighted by Crippen LogP contribution is -2.25. The molecule has 0 fully saturated rings. The van der Waals surface area contributed by atoms with Gasteiger partial charge >= 0.3 is 6.09 Å². The first-order valence-electron chi connectivity index (χ1n) is 6.85. The van der Waals surface area contributed by atoms with Gasteiger partial charge in [-0.3, -0.25) is 4.79 Å².